The van der Waals surface area contributed by atoms with E-state index >= 15 is 0 Å². The van der Waals surface area contributed by atoms with Crippen molar-refractivity contribution >= 4 is 11.6 Å². The molecule has 1 aromatic rings. The van der Waals surface area contributed by atoms with E-state index in [0.29, 0.717) is 0 Å². The van der Waals surface area contributed by atoms with E-state index in [1.807, 2.05) is 0 Å². The largest absolute Gasteiger partial charge is 0.356 e. The van der Waals surface area contributed by atoms with Gasteiger partial charge in [-0.15, -0.1) is 0 Å². The molecule has 5 heteroatoms. The summed E-state index contributed by atoms with van der Waals surface area (Å²) in [6.07, 6.45) is 6.13. The summed E-state index contributed by atoms with van der Waals surface area (Å²) < 4.78 is 0. The Kier molecular flexibility index (Phi) is 3.78. The molecule has 20 heavy (non-hydrogen) atoms. The Hall–Kier alpha value is -1.36. The Balaban J connectivity index is 1.89. The van der Waals surface area contributed by atoms with Gasteiger partial charge in [0.25, 0.3) is 0 Å². The third-order valence-corrected chi connectivity index (χ3v) is 4.80. The molecule has 0 amide bonds. The highest BCUT2D eigenvalue weighted by Gasteiger charge is 2.37. The molecule has 0 aromatic carbocycles. The summed E-state index contributed by atoms with van der Waals surface area (Å²) in [7, 11) is 0. The van der Waals surface area contributed by atoms with Crippen LogP contribution < -0.4 is 16.2 Å². The second-order valence-electron chi connectivity index (χ2n) is 6.19. The van der Waals surface area contributed by atoms with Crippen LogP contribution in [0.3, 0.4) is 0 Å². The normalized spacial score (nSPS) is 25.1. The summed E-state index contributed by atoms with van der Waals surface area (Å²) >= 11 is 0. The summed E-state index contributed by atoms with van der Waals surface area (Å²) in [4.78, 5) is 11.8. The topological polar surface area (TPSA) is 67.1 Å². The van der Waals surface area contributed by atoms with E-state index in [1.165, 1.54) is 19.3 Å². The molecular weight excluding hydrogens is 250 g/mol. The molecule has 0 radical (unpaired) electrons. The predicted octanol–water partition coefficient (Wildman–Crippen LogP) is 2.26. The molecule has 2 atom stereocenters. The third kappa shape index (κ3) is 2.35. The van der Waals surface area contributed by atoms with Crippen molar-refractivity contribution in [3.8, 4) is 0 Å². The fourth-order valence-electron chi connectivity index (χ4n) is 3.74. The van der Waals surface area contributed by atoms with Crippen LogP contribution in [0.1, 0.15) is 44.0 Å². The minimum absolute atomic E-state index is 0.774. The molecule has 2 fully saturated rings. The monoisotopic (exact) mass is 275 g/mol. The first-order valence-corrected chi connectivity index (χ1v) is 7.82. The zero-order valence-electron chi connectivity index (χ0n) is 12.5. The van der Waals surface area contributed by atoms with Crippen molar-refractivity contribution in [2.45, 2.75) is 46.0 Å². The van der Waals surface area contributed by atoms with Gasteiger partial charge in [-0.2, -0.15) is 0 Å². The van der Waals surface area contributed by atoms with E-state index in [0.717, 1.165) is 60.8 Å². The van der Waals surface area contributed by atoms with E-state index in [-0.39, 0.29) is 0 Å². The molecule has 110 valence electrons. The fourth-order valence-corrected chi connectivity index (χ4v) is 3.74. The minimum Gasteiger partial charge on any atom is -0.356 e. The van der Waals surface area contributed by atoms with Gasteiger partial charge in [0.15, 0.2) is 0 Å². The first-order valence-electron chi connectivity index (χ1n) is 7.82. The summed E-state index contributed by atoms with van der Waals surface area (Å²) in [5, 5.41) is 0. The lowest BCUT2D eigenvalue weighted by molar-refractivity contribution is 0.494. The quantitative estimate of drug-likeness (QED) is 0.651. The molecule has 0 spiro atoms. The number of aryl methyl sites for hydroxylation is 1. The smallest absolute Gasteiger partial charge is 0.148 e. The average Bonchev–Trinajstić information content (AvgIpc) is 3.01. The third-order valence-electron chi connectivity index (χ3n) is 4.80. The van der Waals surface area contributed by atoms with Crippen LogP contribution in [0.5, 0.6) is 0 Å². The van der Waals surface area contributed by atoms with Crippen LogP contribution in [0, 0.1) is 18.8 Å². The van der Waals surface area contributed by atoms with Gasteiger partial charge in [-0.25, -0.2) is 15.8 Å². The maximum absolute atomic E-state index is 5.62. The second kappa shape index (κ2) is 5.56. The zero-order chi connectivity index (χ0) is 14.1. The van der Waals surface area contributed by atoms with Gasteiger partial charge in [0, 0.05) is 25.1 Å². The summed E-state index contributed by atoms with van der Waals surface area (Å²) in [5.41, 5.74) is 3.81. The minimum atomic E-state index is 0.774. The number of hydrogen-bond donors (Lipinski definition) is 2. The Morgan fingerprint density at radius 3 is 2.55 bits per heavy atom. The van der Waals surface area contributed by atoms with Crippen molar-refractivity contribution in [1.29, 1.82) is 0 Å². The first-order chi connectivity index (χ1) is 9.72. The molecule has 1 saturated carbocycles. The van der Waals surface area contributed by atoms with Crippen molar-refractivity contribution in [3.05, 3.63) is 11.4 Å². The molecule has 1 aromatic heterocycles. The average molecular weight is 275 g/mol. The molecule has 2 aliphatic rings. The molecular formula is C15H25N5. The lowest BCUT2D eigenvalue weighted by atomic mass is 10.0. The molecule has 3 rings (SSSR count). The van der Waals surface area contributed by atoms with Gasteiger partial charge in [0.2, 0.25) is 0 Å². The number of anilines is 2. The number of hydrazine groups is 1. The maximum Gasteiger partial charge on any atom is 0.148 e. The number of nitrogen functional groups attached to an aromatic ring is 1. The number of aromatic nitrogens is 2. The van der Waals surface area contributed by atoms with Crippen molar-refractivity contribution in [2.75, 3.05) is 23.4 Å². The van der Waals surface area contributed by atoms with Crippen LogP contribution in [0.15, 0.2) is 0 Å². The molecule has 1 aliphatic carbocycles. The first kappa shape index (κ1) is 13.6. The second-order valence-corrected chi connectivity index (χ2v) is 6.19. The number of fused-ring (bicyclic) bond motifs is 1. The molecule has 5 nitrogen and oxygen atoms in total. The van der Waals surface area contributed by atoms with Crippen molar-refractivity contribution in [2.24, 2.45) is 17.7 Å². The van der Waals surface area contributed by atoms with E-state index in [4.69, 9.17) is 10.8 Å². The highest BCUT2D eigenvalue weighted by molar-refractivity contribution is 5.58. The number of nitrogens with one attached hydrogen (secondary N) is 1. The van der Waals surface area contributed by atoms with Gasteiger partial charge in [-0.05, 0) is 38.0 Å². The van der Waals surface area contributed by atoms with Gasteiger partial charge in [-0.3, -0.25) is 0 Å². The van der Waals surface area contributed by atoms with Gasteiger partial charge >= 0.3 is 0 Å². The molecule has 1 aliphatic heterocycles. The van der Waals surface area contributed by atoms with Crippen LogP contribution in [0.2, 0.25) is 0 Å². The molecule has 2 unspecified atom stereocenters. The lowest BCUT2D eigenvalue weighted by Crippen LogP contribution is -2.25. The Labute approximate surface area is 120 Å². The van der Waals surface area contributed by atoms with Gasteiger partial charge in [-0.1, -0.05) is 13.3 Å². The molecule has 3 N–H and O–H groups in total. The highest BCUT2D eigenvalue weighted by Crippen LogP contribution is 2.40. The van der Waals surface area contributed by atoms with Crippen LogP contribution in [0.4, 0.5) is 11.6 Å². The molecule has 2 heterocycles. The van der Waals surface area contributed by atoms with Crippen molar-refractivity contribution < 1.29 is 0 Å². The van der Waals surface area contributed by atoms with Crippen LogP contribution in [-0.4, -0.2) is 23.1 Å². The van der Waals surface area contributed by atoms with Crippen LogP contribution in [0.25, 0.3) is 0 Å². The van der Waals surface area contributed by atoms with E-state index < -0.39 is 0 Å². The number of nitrogens with two attached hydrogens (primary N) is 1. The zero-order valence-corrected chi connectivity index (χ0v) is 12.5. The van der Waals surface area contributed by atoms with E-state index in [9.17, 15) is 0 Å². The maximum atomic E-state index is 5.62. The standard InChI is InChI=1S/C15H25N5/c1-3-5-13-17-14(19-16)10(2)15(18-13)20-8-11-6-4-7-12(11)9-20/h11-12H,3-9,16H2,1-2H3,(H,17,18,19). The van der Waals surface area contributed by atoms with E-state index in [2.05, 4.69) is 29.2 Å². The fraction of sp³-hybridized carbons (Fsp3) is 0.733. The molecule has 0 bridgehead atoms. The van der Waals surface area contributed by atoms with Crippen LogP contribution in [-0.2, 0) is 6.42 Å². The number of hydrogen-bond acceptors (Lipinski definition) is 5. The summed E-state index contributed by atoms with van der Waals surface area (Å²) in [6.45, 7) is 6.52. The Morgan fingerprint density at radius 1 is 1.25 bits per heavy atom. The number of nitrogens with zero attached hydrogens (tertiary/aromatic N) is 3. The van der Waals surface area contributed by atoms with E-state index in [1.54, 1.807) is 0 Å². The van der Waals surface area contributed by atoms with Gasteiger partial charge in [0.1, 0.15) is 17.5 Å². The van der Waals surface area contributed by atoms with Crippen LogP contribution >= 0.6 is 0 Å². The lowest BCUT2D eigenvalue weighted by Gasteiger charge is -2.22. The SMILES string of the molecule is CCCc1nc(NN)c(C)c(N2CC3CCCC3C2)n1. The van der Waals surface area contributed by atoms with Gasteiger partial charge < -0.3 is 10.3 Å². The Morgan fingerprint density at radius 2 is 1.95 bits per heavy atom. The number of rotatable bonds is 4. The molecule has 1 saturated heterocycles. The summed E-state index contributed by atoms with van der Waals surface area (Å²) in [5.74, 6) is 10.1. The van der Waals surface area contributed by atoms with Crippen molar-refractivity contribution in [3.63, 3.8) is 0 Å². The predicted molar refractivity (Wildman–Crippen MR) is 81.6 cm³/mol. The Bertz CT molecular complexity index is 475. The van der Waals surface area contributed by atoms with Crippen molar-refractivity contribution in [1.82, 2.24) is 9.97 Å². The van der Waals surface area contributed by atoms with Gasteiger partial charge in [0.05, 0.1) is 0 Å². The summed E-state index contributed by atoms with van der Waals surface area (Å²) in [6, 6.07) is 0. The highest BCUT2D eigenvalue weighted by atomic mass is 15.3.